The number of benzene rings is 2. The molecule has 0 unspecified atom stereocenters. The molecule has 0 atom stereocenters. The van der Waals surface area contributed by atoms with Crippen molar-refractivity contribution < 1.29 is 9.32 Å². The quantitative estimate of drug-likeness (QED) is 0.375. The third-order valence-corrected chi connectivity index (χ3v) is 5.69. The molecule has 35 heavy (non-hydrogen) atoms. The zero-order valence-corrected chi connectivity index (χ0v) is 19.7. The number of amides is 1. The van der Waals surface area contributed by atoms with Gasteiger partial charge in [-0.05, 0) is 67.9 Å². The Morgan fingerprint density at radius 2 is 1.86 bits per heavy atom. The topological polar surface area (TPSA) is 103 Å². The predicted molar refractivity (Wildman–Crippen MR) is 134 cm³/mol. The summed E-state index contributed by atoms with van der Waals surface area (Å²) in [5.41, 5.74) is 3.41. The number of hydrogen-bond donors (Lipinski definition) is 1. The first-order chi connectivity index (χ1) is 16.9. The van der Waals surface area contributed by atoms with Crippen LogP contribution in [0.25, 0.3) is 33.9 Å². The summed E-state index contributed by atoms with van der Waals surface area (Å²) in [6, 6.07) is 17.9. The molecular formula is C26H20ClN5O3. The molecule has 2 aromatic carbocycles. The zero-order chi connectivity index (χ0) is 24.5. The summed E-state index contributed by atoms with van der Waals surface area (Å²) in [6.07, 6.45) is 1.53. The van der Waals surface area contributed by atoms with Gasteiger partial charge in [-0.3, -0.25) is 9.59 Å². The molecule has 3 heterocycles. The first-order valence-electron chi connectivity index (χ1n) is 10.8. The molecule has 5 aromatic rings. The predicted octanol–water partition coefficient (Wildman–Crippen LogP) is 5.02. The molecule has 0 saturated heterocycles. The van der Waals surface area contributed by atoms with E-state index in [2.05, 4.69) is 20.4 Å². The monoisotopic (exact) mass is 485 g/mol. The fraction of sp³-hybridized carbons (Fsp3) is 0.115. The minimum Gasteiger partial charge on any atom is -0.333 e. The van der Waals surface area contributed by atoms with Gasteiger partial charge in [-0.2, -0.15) is 4.98 Å². The van der Waals surface area contributed by atoms with Crippen molar-refractivity contribution in [3.63, 3.8) is 0 Å². The molecule has 0 aliphatic carbocycles. The lowest BCUT2D eigenvalue weighted by Gasteiger charge is -2.12. The number of aromatic nitrogens is 4. The summed E-state index contributed by atoms with van der Waals surface area (Å²) in [5.74, 6) is 0.111. The standard InChI is InChI=1S/C26H20ClN5O3/c1-15-4-3-5-19(12-15)29-22(33)14-32-13-21(23(34)20-11-6-16(2)28-25(20)32)26-30-24(31-35-26)17-7-9-18(27)10-8-17/h3-13H,14H2,1-2H3,(H,29,33). The van der Waals surface area contributed by atoms with Crippen molar-refractivity contribution in [1.82, 2.24) is 19.7 Å². The fourth-order valence-electron chi connectivity index (χ4n) is 3.76. The number of nitrogens with one attached hydrogen (secondary N) is 1. The fourth-order valence-corrected chi connectivity index (χ4v) is 3.89. The van der Waals surface area contributed by atoms with E-state index in [1.165, 1.54) is 6.20 Å². The number of nitrogens with zero attached hydrogens (tertiary/aromatic N) is 4. The molecule has 0 radical (unpaired) electrons. The van der Waals surface area contributed by atoms with Gasteiger partial charge in [-0.1, -0.05) is 28.9 Å². The Labute approximate surface area is 205 Å². The number of fused-ring (bicyclic) bond motifs is 1. The Morgan fingerprint density at radius 3 is 2.63 bits per heavy atom. The molecule has 0 spiro atoms. The van der Waals surface area contributed by atoms with Gasteiger partial charge in [0.15, 0.2) is 0 Å². The van der Waals surface area contributed by atoms with E-state index in [9.17, 15) is 9.59 Å². The molecule has 0 fully saturated rings. The molecule has 9 heteroatoms. The van der Waals surface area contributed by atoms with Crippen molar-refractivity contribution in [2.75, 3.05) is 5.32 Å². The summed E-state index contributed by atoms with van der Waals surface area (Å²) in [5, 5.41) is 7.83. The second-order valence-corrected chi connectivity index (χ2v) is 8.61. The van der Waals surface area contributed by atoms with Gasteiger partial charge in [0, 0.05) is 28.2 Å². The van der Waals surface area contributed by atoms with Crippen LogP contribution < -0.4 is 10.7 Å². The maximum Gasteiger partial charge on any atom is 0.263 e. The van der Waals surface area contributed by atoms with Gasteiger partial charge in [0.25, 0.3) is 5.89 Å². The number of anilines is 1. The van der Waals surface area contributed by atoms with Crippen molar-refractivity contribution in [3.05, 3.63) is 93.4 Å². The van der Waals surface area contributed by atoms with Crippen LogP contribution in [0.5, 0.6) is 0 Å². The van der Waals surface area contributed by atoms with Gasteiger partial charge in [0.2, 0.25) is 17.2 Å². The minimum atomic E-state index is -0.311. The molecule has 0 saturated carbocycles. The van der Waals surface area contributed by atoms with E-state index in [4.69, 9.17) is 16.1 Å². The van der Waals surface area contributed by atoms with Gasteiger partial charge in [0.05, 0.1) is 5.39 Å². The molecule has 0 aliphatic rings. The first-order valence-corrected chi connectivity index (χ1v) is 11.2. The van der Waals surface area contributed by atoms with Gasteiger partial charge < -0.3 is 14.4 Å². The average molecular weight is 486 g/mol. The van der Waals surface area contributed by atoms with E-state index in [0.29, 0.717) is 33.1 Å². The van der Waals surface area contributed by atoms with Crippen molar-refractivity contribution in [1.29, 1.82) is 0 Å². The Balaban J connectivity index is 1.55. The maximum absolute atomic E-state index is 13.3. The molecule has 1 N–H and O–H groups in total. The van der Waals surface area contributed by atoms with Crippen molar-refractivity contribution in [3.8, 4) is 22.8 Å². The van der Waals surface area contributed by atoms with Crippen LogP contribution in [-0.4, -0.2) is 25.6 Å². The highest BCUT2D eigenvalue weighted by Crippen LogP contribution is 2.23. The number of aryl methyl sites for hydroxylation is 2. The van der Waals surface area contributed by atoms with E-state index in [0.717, 1.165) is 11.3 Å². The Kier molecular flexibility index (Phi) is 5.88. The Hall–Kier alpha value is -4.30. The van der Waals surface area contributed by atoms with Crippen LogP contribution in [0.1, 0.15) is 11.3 Å². The number of carbonyl (C=O) groups excluding carboxylic acids is 1. The summed E-state index contributed by atoms with van der Waals surface area (Å²) in [4.78, 5) is 35.1. The lowest BCUT2D eigenvalue weighted by atomic mass is 10.1. The number of halogens is 1. The molecule has 1 amide bonds. The molecule has 174 valence electrons. The van der Waals surface area contributed by atoms with Crippen LogP contribution in [0.4, 0.5) is 5.69 Å². The Morgan fingerprint density at radius 1 is 1.06 bits per heavy atom. The van der Waals surface area contributed by atoms with E-state index in [1.54, 1.807) is 41.0 Å². The number of hydrogen-bond acceptors (Lipinski definition) is 6. The molecule has 5 rings (SSSR count). The third kappa shape index (κ3) is 4.69. The molecule has 0 aliphatic heterocycles. The second kappa shape index (κ2) is 9.15. The van der Waals surface area contributed by atoms with Crippen LogP contribution >= 0.6 is 11.6 Å². The molecule has 0 bridgehead atoms. The van der Waals surface area contributed by atoms with Gasteiger partial charge in [-0.15, -0.1) is 0 Å². The van der Waals surface area contributed by atoms with Crippen molar-refractivity contribution >= 4 is 34.2 Å². The van der Waals surface area contributed by atoms with E-state index >= 15 is 0 Å². The lowest BCUT2D eigenvalue weighted by molar-refractivity contribution is -0.116. The average Bonchev–Trinajstić information content (AvgIpc) is 3.31. The highest BCUT2D eigenvalue weighted by atomic mass is 35.5. The van der Waals surface area contributed by atoms with Crippen LogP contribution in [0.2, 0.25) is 5.02 Å². The maximum atomic E-state index is 13.3. The summed E-state index contributed by atoms with van der Waals surface area (Å²) in [6.45, 7) is 3.71. The third-order valence-electron chi connectivity index (χ3n) is 5.44. The zero-order valence-electron chi connectivity index (χ0n) is 18.9. The highest BCUT2D eigenvalue weighted by Gasteiger charge is 2.19. The van der Waals surface area contributed by atoms with E-state index in [1.807, 2.05) is 38.1 Å². The number of rotatable bonds is 5. The highest BCUT2D eigenvalue weighted by molar-refractivity contribution is 6.30. The Bertz CT molecular complexity index is 1620. The van der Waals surface area contributed by atoms with Gasteiger partial charge >= 0.3 is 0 Å². The van der Waals surface area contributed by atoms with Gasteiger partial charge in [-0.25, -0.2) is 4.98 Å². The second-order valence-electron chi connectivity index (χ2n) is 8.17. The lowest BCUT2D eigenvalue weighted by Crippen LogP contribution is -2.22. The van der Waals surface area contributed by atoms with Crippen molar-refractivity contribution in [2.24, 2.45) is 0 Å². The first kappa shape index (κ1) is 22.5. The van der Waals surface area contributed by atoms with Crippen LogP contribution in [-0.2, 0) is 11.3 Å². The number of pyridine rings is 2. The SMILES string of the molecule is Cc1cccc(NC(=O)Cn2cc(-c3nc(-c4ccc(Cl)cc4)no3)c(=O)c3ccc(C)nc32)c1. The minimum absolute atomic E-state index is 0.0512. The normalized spacial score (nSPS) is 11.1. The smallest absolute Gasteiger partial charge is 0.263 e. The summed E-state index contributed by atoms with van der Waals surface area (Å²) in [7, 11) is 0. The van der Waals surface area contributed by atoms with E-state index < -0.39 is 0 Å². The van der Waals surface area contributed by atoms with Crippen LogP contribution in [0, 0.1) is 13.8 Å². The largest absolute Gasteiger partial charge is 0.333 e. The molecule has 3 aromatic heterocycles. The number of carbonyl (C=O) groups is 1. The summed E-state index contributed by atoms with van der Waals surface area (Å²) < 4.78 is 7.05. The van der Waals surface area contributed by atoms with Crippen LogP contribution in [0.15, 0.2) is 76.2 Å². The van der Waals surface area contributed by atoms with E-state index in [-0.39, 0.29) is 29.3 Å². The summed E-state index contributed by atoms with van der Waals surface area (Å²) >= 11 is 5.96. The molecule has 8 nitrogen and oxygen atoms in total. The van der Waals surface area contributed by atoms with Gasteiger partial charge in [0.1, 0.15) is 17.8 Å². The molecular weight excluding hydrogens is 466 g/mol. The van der Waals surface area contributed by atoms with Crippen LogP contribution in [0.3, 0.4) is 0 Å². The van der Waals surface area contributed by atoms with Crippen molar-refractivity contribution in [2.45, 2.75) is 20.4 Å².